The van der Waals surface area contributed by atoms with Gasteiger partial charge in [-0.15, -0.1) is 0 Å². The van der Waals surface area contributed by atoms with Gasteiger partial charge in [0.15, 0.2) is 0 Å². The standard InChI is InChI=1S/C13H28N2O/c1-3-7-14-10-13(16)11-15-8-5-12(4-2)6-9-15/h12-14,16H,3-11H2,1-2H3. The van der Waals surface area contributed by atoms with Crippen LogP contribution in [0.2, 0.25) is 0 Å². The second kappa shape index (κ2) is 8.04. The van der Waals surface area contributed by atoms with Crippen molar-refractivity contribution in [1.29, 1.82) is 0 Å². The lowest BCUT2D eigenvalue weighted by Gasteiger charge is -2.32. The van der Waals surface area contributed by atoms with E-state index in [0.29, 0.717) is 0 Å². The molecule has 1 rings (SSSR count). The van der Waals surface area contributed by atoms with Crippen LogP contribution >= 0.6 is 0 Å². The summed E-state index contributed by atoms with van der Waals surface area (Å²) in [7, 11) is 0. The van der Waals surface area contributed by atoms with Crippen LogP contribution in [0.4, 0.5) is 0 Å². The van der Waals surface area contributed by atoms with Crippen LogP contribution < -0.4 is 5.32 Å². The maximum atomic E-state index is 9.85. The highest BCUT2D eigenvalue weighted by Gasteiger charge is 2.19. The molecule has 0 aliphatic carbocycles. The number of piperidine rings is 1. The van der Waals surface area contributed by atoms with Crippen molar-refractivity contribution in [2.45, 2.75) is 45.6 Å². The van der Waals surface area contributed by atoms with Crippen molar-refractivity contribution in [3.8, 4) is 0 Å². The van der Waals surface area contributed by atoms with Gasteiger partial charge in [0.2, 0.25) is 0 Å². The Balaban J connectivity index is 2.08. The van der Waals surface area contributed by atoms with Crippen molar-refractivity contribution >= 4 is 0 Å². The summed E-state index contributed by atoms with van der Waals surface area (Å²) in [5, 5.41) is 13.1. The van der Waals surface area contributed by atoms with E-state index in [1.165, 1.54) is 32.4 Å². The second-order valence-corrected chi connectivity index (χ2v) is 5.01. The summed E-state index contributed by atoms with van der Waals surface area (Å²) in [5.74, 6) is 0.923. The molecule has 0 amide bonds. The predicted octanol–water partition coefficient (Wildman–Crippen LogP) is 1.47. The Kier molecular flexibility index (Phi) is 7.01. The fourth-order valence-corrected chi connectivity index (χ4v) is 2.39. The maximum absolute atomic E-state index is 9.85. The van der Waals surface area contributed by atoms with Gasteiger partial charge in [-0.05, 0) is 44.8 Å². The Morgan fingerprint density at radius 1 is 1.31 bits per heavy atom. The largest absolute Gasteiger partial charge is 0.390 e. The molecule has 0 aromatic heterocycles. The quantitative estimate of drug-likeness (QED) is 0.648. The summed E-state index contributed by atoms with van der Waals surface area (Å²) >= 11 is 0. The van der Waals surface area contributed by atoms with Gasteiger partial charge in [-0.3, -0.25) is 0 Å². The van der Waals surface area contributed by atoms with Crippen LogP contribution in [0.15, 0.2) is 0 Å². The fourth-order valence-electron chi connectivity index (χ4n) is 2.39. The minimum absolute atomic E-state index is 0.204. The first-order chi connectivity index (χ1) is 7.76. The third kappa shape index (κ3) is 5.28. The monoisotopic (exact) mass is 228 g/mol. The third-order valence-corrected chi connectivity index (χ3v) is 3.56. The van der Waals surface area contributed by atoms with Crippen molar-refractivity contribution < 1.29 is 5.11 Å². The van der Waals surface area contributed by atoms with Gasteiger partial charge in [0, 0.05) is 13.1 Å². The zero-order chi connectivity index (χ0) is 11.8. The summed E-state index contributed by atoms with van der Waals surface area (Å²) in [6, 6.07) is 0. The number of nitrogens with zero attached hydrogens (tertiary/aromatic N) is 1. The zero-order valence-electron chi connectivity index (χ0n) is 10.9. The minimum Gasteiger partial charge on any atom is -0.390 e. The van der Waals surface area contributed by atoms with Gasteiger partial charge >= 0.3 is 0 Å². The Bertz CT molecular complexity index is 167. The maximum Gasteiger partial charge on any atom is 0.0791 e. The fraction of sp³-hybridized carbons (Fsp3) is 1.00. The number of hydrogen-bond donors (Lipinski definition) is 2. The molecule has 3 nitrogen and oxygen atoms in total. The molecule has 0 aromatic rings. The molecule has 96 valence electrons. The molecule has 1 atom stereocenters. The molecule has 0 saturated carbocycles. The molecule has 1 aliphatic heterocycles. The Morgan fingerprint density at radius 3 is 2.56 bits per heavy atom. The second-order valence-electron chi connectivity index (χ2n) is 5.01. The van der Waals surface area contributed by atoms with Crippen molar-refractivity contribution in [2.24, 2.45) is 5.92 Å². The Labute approximate surface area is 100 Å². The van der Waals surface area contributed by atoms with E-state index in [9.17, 15) is 5.11 Å². The summed E-state index contributed by atoms with van der Waals surface area (Å²) in [6.07, 6.45) is 4.87. The first kappa shape index (κ1) is 13.9. The summed E-state index contributed by atoms with van der Waals surface area (Å²) in [5.41, 5.74) is 0. The van der Waals surface area contributed by atoms with Crippen LogP contribution in [0.25, 0.3) is 0 Å². The molecule has 1 heterocycles. The van der Waals surface area contributed by atoms with E-state index in [-0.39, 0.29) is 6.10 Å². The lowest BCUT2D eigenvalue weighted by atomic mass is 9.94. The van der Waals surface area contributed by atoms with Crippen LogP contribution in [0.5, 0.6) is 0 Å². The van der Waals surface area contributed by atoms with Gasteiger partial charge in [0.1, 0.15) is 0 Å². The number of aliphatic hydroxyl groups is 1. The number of rotatable bonds is 7. The number of β-amino-alcohol motifs (C(OH)–C–C–N with tert-alkyl or cyclic N) is 1. The molecular weight excluding hydrogens is 200 g/mol. The van der Waals surface area contributed by atoms with Crippen LogP contribution in [-0.4, -0.2) is 48.8 Å². The zero-order valence-corrected chi connectivity index (χ0v) is 10.9. The number of hydrogen-bond acceptors (Lipinski definition) is 3. The van der Waals surface area contributed by atoms with E-state index >= 15 is 0 Å². The van der Waals surface area contributed by atoms with Gasteiger partial charge in [-0.2, -0.15) is 0 Å². The van der Waals surface area contributed by atoms with Gasteiger partial charge in [0.05, 0.1) is 6.10 Å². The van der Waals surface area contributed by atoms with Gasteiger partial charge in [0.25, 0.3) is 0 Å². The van der Waals surface area contributed by atoms with E-state index in [1.807, 2.05) is 0 Å². The molecule has 2 N–H and O–H groups in total. The van der Waals surface area contributed by atoms with Crippen LogP contribution in [0.1, 0.15) is 39.5 Å². The van der Waals surface area contributed by atoms with E-state index in [2.05, 4.69) is 24.1 Å². The molecular formula is C13H28N2O. The number of aliphatic hydroxyl groups excluding tert-OH is 1. The molecule has 3 heteroatoms. The van der Waals surface area contributed by atoms with Crippen LogP contribution in [0, 0.1) is 5.92 Å². The molecule has 1 aliphatic rings. The lowest BCUT2D eigenvalue weighted by molar-refractivity contribution is 0.0882. The predicted molar refractivity (Wildman–Crippen MR) is 68.6 cm³/mol. The van der Waals surface area contributed by atoms with Crippen LogP contribution in [0.3, 0.4) is 0 Å². The molecule has 1 saturated heterocycles. The van der Waals surface area contributed by atoms with Gasteiger partial charge in [-0.1, -0.05) is 20.3 Å². The van der Waals surface area contributed by atoms with Crippen molar-refractivity contribution in [3.05, 3.63) is 0 Å². The molecule has 1 fully saturated rings. The Hall–Kier alpha value is -0.120. The number of nitrogens with one attached hydrogen (secondary N) is 1. The Morgan fingerprint density at radius 2 is 2.00 bits per heavy atom. The normalized spacial score (nSPS) is 21.2. The summed E-state index contributed by atoms with van der Waals surface area (Å²) in [4.78, 5) is 2.41. The first-order valence-electron chi connectivity index (χ1n) is 6.87. The van der Waals surface area contributed by atoms with E-state index in [0.717, 1.165) is 32.0 Å². The highest BCUT2D eigenvalue weighted by molar-refractivity contribution is 4.74. The van der Waals surface area contributed by atoms with Crippen molar-refractivity contribution in [1.82, 2.24) is 10.2 Å². The molecule has 16 heavy (non-hydrogen) atoms. The van der Waals surface area contributed by atoms with Gasteiger partial charge in [-0.25, -0.2) is 0 Å². The van der Waals surface area contributed by atoms with E-state index in [4.69, 9.17) is 0 Å². The van der Waals surface area contributed by atoms with Gasteiger partial charge < -0.3 is 15.3 Å². The van der Waals surface area contributed by atoms with E-state index < -0.39 is 0 Å². The van der Waals surface area contributed by atoms with Crippen molar-refractivity contribution in [3.63, 3.8) is 0 Å². The highest BCUT2D eigenvalue weighted by atomic mass is 16.3. The topological polar surface area (TPSA) is 35.5 Å². The average Bonchev–Trinajstić information content (AvgIpc) is 2.30. The minimum atomic E-state index is -0.204. The molecule has 1 unspecified atom stereocenters. The summed E-state index contributed by atoms with van der Waals surface area (Å²) in [6.45, 7) is 9.36. The first-order valence-corrected chi connectivity index (χ1v) is 6.87. The summed E-state index contributed by atoms with van der Waals surface area (Å²) < 4.78 is 0. The average molecular weight is 228 g/mol. The highest BCUT2D eigenvalue weighted by Crippen LogP contribution is 2.19. The SMILES string of the molecule is CCCNCC(O)CN1CCC(CC)CC1. The lowest BCUT2D eigenvalue weighted by Crippen LogP contribution is -2.42. The molecule has 0 bridgehead atoms. The smallest absolute Gasteiger partial charge is 0.0791 e. The molecule has 0 aromatic carbocycles. The van der Waals surface area contributed by atoms with Crippen LogP contribution in [-0.2, 0) is 0 Å². The molecule has 0 radical (unpaired) electrons. The van der Waals surface area contributed by atoms with Crippen molar-refractivity contribution in [2.75, 3.05) is 32.7 Å². The van der Waals surface area contributed by atoms with E-state index in [1.54, 1.807) is 0 Å². The number of likely N-dealkylation sites (tertiary alicyclic amines) is 1. The third-order valence-electron chi connectivity index (χ3n) is 3.56. The molecule has 0 spiro atoms.